The molecule has 0 fully saturated rings. The highest BCUT2D eigenvalue weighted by Crippen LogP contribution is 2.05. The van der Waals surface area contributed by atoms with E-state index in [9.17, 15) is 4.79 Å². The van der Waals surface area contributed by atoms with Gasteiger partial charge in [-0.3, -0.25) is 4.79 Å². The average Bonchev–Trinajstić information content (AvgIpc) is 2.42. The zero-order valence-corrected chi connectivity index (χ0v) is 11.1. The molecule has 3 heteroatoms. The Morgan fingerprint density at radius 1 is 1.17 bits per heavy atom. The van der Waals surface area contributed by atoms with Crippen LogP contribution in [-0.4, -0.2) is 30.6 Å². The van der Waals surface area contributed by atoms with E-state index < -0.39 is 0 Å². The van der Waals surface area contributed by atoms with Crippen LogP contribution in [0.15, 0.2) is 24.3 Å². The second-order valence-electron chi connectivity index (χ2n) is 4.43. The van der Waals surface area contributed by atoms with Gasteiger partial charge in [0.2, 0.25) is 0 Å². The van der Waals surface area contributed by atoms with Crippen LogP contribution in [0.5, 0.6) is 0 Å². The lowest BCUT2D eigenvalue weighted by Gasteiger charge is -2.05. The zero-order valence-electron chi connectivity index (χ0n) is 11.1. The minimum atomic E-state index is 0.139. The topological polar surface area (TPSA) is 49.3 Å². The van der Waals surface area contributed by atoms with Crippen molar-refractivity contribution in [2.45, 2.75) is 32.6 Å². The van der Waals surface area contributed by atoms with Crippen LogP contribution in [0.25, 0.3) is 0 Å². The smallest absolute Gasteiger partial charge is 0.176 e. The molecule has 0 saturated heterocycles. The van der Waals surface area contributed by atoms with Crippen LogP contribution < -0.4 is 5.32 Å². The Kier molecular flexibility index (Phi) is 7.30. The van der Waals surface area contributed by atoms with Gasteiger partial charge < -0.3 is 10.4 Å². The minimum absolute atomic E-state index is 0.139. The Bertz CT molecular complexity index is 346. The van der Waals surface area contributed by atoms with E-state index in [2.05, 4.69) is 12.2 Å². The molecule has 1 aromatic carbocycles. The van der Waals surface area contributed by atoms with Crippen molar-refractivity contribution in [2.75, 3.05) is 19.7 Å². The fourth-order valence-electron chi connectivity index (χ4n) is 1.77. The lowest BCUT2D eigenvalue weighted by Crippen LogP contribution is -2.24. The number of unbranched alkanes of at least 4 members (excludes halogenated alkanes) is 2. The molecular weight excluding hydrogens is 226 g/mol. The summed E-state index contributed by atoms with van der Waals surface area (Å²) in [6, 6.07) is 7.81. The van der Waals surface area contributed by atoms with Gasteiger partial charge >= 0.3 is 0 Å². The minimum Gasteiger partial charge on any atom is -0.396 e. The van der Waals surface area contributed by atoms with Gasteiger partial charge in [0.05, 0.1) is 6.54 Å². The van der Waals surface area contributed by atoms with Crippen molar-refractivity contribution >= 4 is 5.78 Å². The predicted octanol–water partition coefficient (Wildman–Crippen LogP) is 2.18. The highest BCUT2D eigenvalue weighted by Gasteiger charge is 2.04. The summed E-state index contributed by atoms with van der Waals surface area (Å²) >= 11 is 0. The maximum atomic E-state index is 11.8. The Labute approximate surface area is 109 Å². The number of aryl methyl sites for hydroxylation is 1. The molecular formula is C15H23NO2. The second kappa shape index (κ2) is 8.84. The van der Waals surface area contributed by atoms with Crippen molar-refractivity contribution in [3.63, 3.8) is 0 Å². The molecule has 0 bridgehead atoms. The quantitative estimate of drug-likeness (QED) is 0.521. The van der Waals surface area contributed by atoms with E-state index in [-0.39, 0.29) is 12.4 Å². The number of hydrogen-bond donors (Lipinski definition) is 2. The number of benzene rings is 1. The summed E-state index contributed by atoms with van der Waals surface area (Å²) in [5.74, 6) is 0.139. The molecule has 0 saturated carbocycles. The van der Waals surface area contributed by atoms with Gasteiger partial charge in [-0.25, -0.2) is 0 Å². The Hall–Kier alpha value is -1.19. The molecule has 3 nitrogen and oxygen atoms in total. The van der Waals surface area contributed by atoms with E-state index in [0.717, 1.165) is 37.8 Å². The molecule has 0 unspecified atom stereocenters. The lowest BCUT2D eigenvalue weighted by molar-refractivity contribution is 0.0991. The fraction of sp³-hybridized carbons (Fsp3) is 0.533. The summed E-state index contributed by atoms with van der Waals surface area (Å²) in [4.78, 5) is 11.8. The van der Waals surface area contributed by atoms with Gasteiger partial charge in [0.25, 0.3) is 0 Å². The zero-order chi connectivity index (χ0) is 13.2. The molecule has 1 rings (SSSR count). The molecule has 0 aliphatic heterocycles. The standard InChI is InChI=1S/C15H23NO2/c1-2-13-6-8-14(9-7-13)15(18)12-16-10-4-3-5-11-17/h6-9,16-17H,2-5,10-12H2,1H3. The Balaban J connectivity index is 2.23. The first kappa shape index (κ1) is 14.9. The van der Waals surface area contributed by atoms with Crippen LogP contribution in [0.1, 0.15) is 42.1 Å². The van der Waals surface area contributed by atoms with Crippen LogP contribution in [0.2, 0.25) is 0 Å². The summed E-state index contributed by atoms with van der Waals surface area (Å²) in [6.07, 6.45) is 3.84. The van der Waals surface area contributed by atoms with Crippen LogP contribution in [0, 0.1) is 0 Å². The van der Waals surface area contributed by atoms with Crippen molar-refractivity contribution in [1.82, 2.24) is 5.32 Å². The molecule has 0 aliphatic rings. The van der Waals surface area contributed by atoms with Gasteiger partial charge in [-0.2, -0.15) is 0 Å². The van der Waals surface area contributed by atoms with Crippen LogP contribution in [0.3, 0.4) is 0 Å². The molecule has 2 N–H and O–H groups in total. The van der Waals surface area contributed by atoms with Gasteiger partial charge in [0.1, 0.15) is 0 Å². The highest BCUT2D eigenvalue weighted by atomic mass is 16.2. The predicted molar refractivity (Wildman–Crippen MR) is 74.0 cm³/mol. The molecule has 1 aromatic rings. The molecule has 100 valence electrons. The van der Waals surface area contributed by atoms with E-state index >= 15 is 0 Å². The molecule has 0 heterocycles. The summed E-state index contributed by atoms with van der Waals surface area (Å²) in [7, 11) is 0. The van der Waals surface area contributed by atoms with Gasteiger partial charge in [-0.15, -0.1) is 0 Å². The summed E-state index contributed by atoms with van der Waals surface area (Å²) in [5, 5.41) is 11.8. The molecule has 18 heavy (non-hydrogen) atoms. The Morgan fingerprint density at radius 3 is 2.50 bits per heavy atom. The molecule has 0 aliphatic carbocycles. The largest absolute Gasteiger partial charge is 0.396 e. The van der Waals surface area contributed by atoms with Gasteiger partial charge in [-0.05, 0) is 37.8 Å². The molecule has 0 aromatic heterocycles. The van der Waals surface area contributed by atoms with Crippen molar-refractivity contribution in [3.8, 4) is 0 Å². The SMILES string of the molecule is CCc1ccc(C(=O)CNCCCCCO)cc1. The number of carbonyl (C=O) groups excluding carboxylic acids is 1. The van der Waals surface area contributed by atoms with Crippen molar-refractivity contribution in [2.24, 2.45) is 0 Å². The summed E-state index contributed by atoms with van der Waals surface area (Å²) < 4.78 is 0. The highest BCUT2D eigenvalue weighted by molar-refractivity contribution is 5.97. The fourth-order valence-corrected chi connectivity index (χ4v) is 1.77. The number of aliphatic hydroxyl groups excluding tert-OH is 1. The average molecular weight is 249 g/mol. The number of hydrogen-bond acceptors (Lipinski definition) is 3. The monoisotopic (exact) mass is 249 g/mol. The van der Waals surface area contributed by atoms with Gasteiger partial charge in [0, 0.05) is 12.2 Å². The molecule has 0 spiro atoms. The van der Waals surface area contributed by atoms with Crippen molar-refractivity contribution in [1.29, 1.82) is 0 Å². The number of carbonyl (C=O) groups is 1. The summed E-state index contributed by atoms with van der Waals surface area (Å²) in [6.45, 7) is 3.58. The first-order chi connectivity index (χ1) is 8.77. The van der Waals surface area contributed by atoms with Crippen LogP contribution >= 0.6 is 0 Å². The van der Waals surface area contributed by atoms with E-state index in [1.165, 1.54) is 5.56 Å². The second-order valence-corrected chi connectivity index (χ2v) is 4.43. The van der Waals surface area contributed by atoms with Crippen molar-refractivity contribution < 1.29 is 9.90 Å². The van der Waals surface area contributed by atoms with Crippen LogP contribution in [-0.2, 0) is 6.42 Å². The van der Waals surface area contributed by atoms with E-state index in [0.29, 0.717) is 6.54 Å². The number of aliphatic hydroxyl groups is 1. The maximum Gasteiger partial charge on any atom is 0.176 e. The normalized spacial score (nSPS) is 10.6. The number of Topliss-reactive ketones (excluding diaryl/α,β-unsaturated/α-hetero) is 1. The molecule has 0 atom stereocenters. The number of ketones is 1. The third kappa shape index (κ3) is 5.43. The Morgan fingerprint density at radius 2 is 1.89 bits per heavy atom. The lowest BCUT2D eigenvalue weighted by atomic mass is 10.1. The van der Waals surface area contributed by atoms with Crippen LogP contribution in [0.4, 0.5) is 0 Å². The number of rotatable bonds is 9. The first-order valence-electron chi connectivity index (χ1n) is 6.71. The number of nitrogens with one attached hydrogen (secondary N) is 1. The molecule has 0 amide bonds. The molecule has 0 radical (unpaired) electrons. The van der Waals surface area contributed by atoms with Crippen molar-refractivity contribution in [3.05, 3.63) is 35.4 Å². The van der Waals surface area contributed by atoms with E-state index in [1.54, 1.807) is 0 Å². The third-order valence-corrected chi connectivity index (χ3v) is 2.98. The van der Waals surface area contributed by atoms with E-state index in [1.807, 2.05) is 24.3 Å². The summed E-state index contributed by atoms with van der Waals surface area (Å²) in [5.41, 5.74) is 2.03. The van der Waals surface area contributed by atoms with Gasteiger partial charge in [-0.1, -0.05) is 31.2 Å². The maximum absolute atomic E-state index is 11.8. The van der Waals surface area contributed by atoms with Gasteiger partial charge in [0.15, 0.2) is 5.78 Å². The van der Waals surface area contributed by atoms with E-state index in [4.69, 9.17) is 5.11 Å². The third-order valence-electron chi connectivity index (χ3n) is 2.98. The first-order valence-corrected chi connectivity index (χ1v) is 6.71.